The molecule has 0 amide bonds. The average Bonchev–Trinajstić information content (AvgIpc) is 2.89. The van der Waals surface area contributed by atoms with Crippen LogP contribution in [0.15, 0.2) is 36.4 Å². The highest BCUT2D eigenvalue weighted by Crippen LogP contribution is 2.26. The number of benzene rings is 2. The Morgan fingerprint density at radius 2 is 1.95 bits per heavy atom. The summed E-state index contributed by atoms with van der Waals surface area (Å²) in [4.78, 5) is 0. The Bertz CT molecular complexity index is 644. The van der Waals surface area contributed by atoms with E-state index in [4.69, 9.17) is 22.1 Å². The summed E-state index contributed by atoms with van der Waals surface area (Å²) in [6.07, 6.45) is 0.582. The second-order valence-electron chi connectivity index (χ2n) is 5.07. The molecule has 4 heteroatoms. The van der Waals surface area contributed by atoms with Crippen molar-refractivity contribution in [1.29, 1.82) is 0 Å². The van der Waals surface area contributed by atoms with E-state index in [1.807, 2.05) is 6.07 Å². The van der Waals surface area contributed by atoms with Gasteiger partial charge in [-0.15, -0.1) is 0 Å². The van der Waals surface area contributed by atoms with E-state index >= 15 is 0 Å². The third-order valence-electron chi connectivity index (χ3n) is 3.63. The van der Waals surface area contributed by atoms with Gasteiger partial charge in [0.2, 0.25) is 0 Å². The number of hydrogen-bond acceptors (Lipinski definition) is 2. The van der Waals surface area contributed by atoms with Gasteiger partial charge in [0.05, 0.1) is 13.2 Å². The molecule has 0 aromatic heterocycles. The molecule has 2 N–H and O–H groups in total. The number of nitrogens with two attached hydrogens (primary N) is 1. The van der Waals surface area contributed by atoms with Crippen molar-refractivity contribution in [3.05, 3.63) is 69.5 Å². The number of hydrogen-bond donors (Lipinski definition) is 1. The van der Waals surface area contributed by atoms with Gasteiger partial charge in [-0.1, -0.05) is 35.9 Å². The summed E-state index contributed by atoms with van der Waals surface area (Å²) in [5.74, 6) is -0.331. The largest absolute Gasteiger partial charge is 0.372 e. The molecular formula is C16H15ClFNO. The average molecular weight is 292 g/mol. The topological polar surface area (TPSA) is 35.2 Å². The molecule has 20 heavy (non-hydrogen) atoms. The number of ether oxygens (including phenoxy) is 1. The second kappa shape index (κ2) is 5.52. The monoisotopic (exact) mass is 291 g/mol. The fraction of sp³-hybridized carbons (Fsp3) is 0.250. The quantitative estimate of drug-likeness (QED) is 0.935. The van der Waals surface area contributed by atoms with E-state index in [-0.39, 0.29) is 11.9 Å². The van der Waals surface area contributed by atoms with Crippen molar-refractivity contribution in [3.8, 4) is 0 Å². The smallest absolute Gasteiger partial charge is 0.124 e. The van der Waals surface area contributed by atoms with Crippen LogP contribution in [-0.4, -0.2) is 0 Å². The van der Waals surface area contributed by atoms with Crippen LogP contribution in [0, 0.1) is 5.82 Å². The van der Waals surface area contributed by atoms with Crippen LogP contribution in [0.5, 0.6) is 0 Å². The van der Waals surface area contributed by atoms with Crippen molar-refractivity contribution in [2.45, 2.75) is 25.7 Å². The van der Waals surface area contributed by atoms with E-state index in [1.54, 1.807) is 6.07 Å². The molecule has 1 aliphatic rings. The zero-order chi connectivity index (χ0) is 14.1. The summed E-state index contributed by atoms with van der Waals surface area (Å²) in [7, 11) is 0. The fourth-order valence-electron chi connectivity index (χ4n) is 2.46. The highest BCUT2D eigenvalue weighted by molar-refractivity contribution is 6.31. The normalized spacial score (nSPS) is 15.2. The van der Waals surface area contributed by atoms with Gasteiger partial charge in [0.25, 0.3) is 0 Å². The van der Waals surface area contributed by atoms with Gasteiger partial charge < -0.3 is 10.5 Å². The lowest BCUT2D eigenvalue weighted by atomic mass is 9.96. The molecule has 0 fully saturated rings. The lowest BCUT2D eigenvalue weighted by Crippen LogP contribution is -2.14. The summed E-state index contributed by atoms with van der Waals surface area (Å²) in [6, 6.07) is 10.4. The number of halogens is 2. The maximum absolute atomic E-state index is 13.0. The molecule has 2 aromatic carbocycles. The fourth-order valence-corrected chi connectivity index (χ4v) is 2.71. The summed E-state index contributed by atoms with van der Waals surface area (Å²) in [6.45, 7) is 1.32. The van der Waals surface area contributed by atoms with E-state index in [1.165, 1.54) is 23.3 Å². The zero-order valence-electron chi connectivity index (χ0n) is 10.9. The SMILES string of the molecule is NC(Cc1ccc(F)cc1Cl)c1ccc2c(c1)COC2. The molecule has 1 aliphatic heterocycles. The second-order valence-corrected chi connectivity index (χ2v) is 5.47. The van der Waals surface area contributed by atoms with E-state index in [0.717, 1.165) is 11.1 Å². The van der Waals surface area contributed by atoms with Crippen molar-refractivity contribution < 1.29 is 9.13 Å². The van der Waals surface area contributed by atoms with Crippen LogP contribution in [0.4, 0.5) is 4.39 Å². The van der Waals surface area contributed by atoms with Crippen molar-refractivity contribution in [2.75, 3.05) is 0 Å². The molecule has 0 saturated carbocycles. The molecule has 1 heterocycles. The minimum absolute atomic E-state index is 0.163. The third kappa shape index (κ3) is 2.70. The lowest BCUT2D eigenvalue weighted by Gasteiger charge is -2.14. The van der Waals surface area contributed by atoms with Gasteiger partial charge in [-0.2, -0.15) is 0 Å². The molecule has 0 radical (unpaired) electrons. The van der Waals surface area contributed by atoms with Crippen LogP contribution < -0.4 is 5.73 Å². The number of fused-ring (bicyclic) bond motifs is 1. The first kappa shape index (κ1) is 13.6. The van der Waals surface area contributed by atoms with Gasteiger partial charge in [0.1, 0.15) is 5.82 Å². The number of rotatable bonds is 3. The van der Waals surface area contributed by atoms with Crippen LogP contribution >= 0.6 is 11.6 Å². The van der Waals surface area contributed by atoms with Crippen molar-refractivity contribution in [2.24, 2.45) is 5.73 Å². The summed E-state index contributed by atoms with van der Waals surface area (Å²) < 4.78 is 18.4. The Morgan fingerprint density at radius 3 is 2.75 bits per heavy atom. The van der Waals surface area contributed by atoms with Crippen LogP contribution in [0.25, 0.3) is 0 Å². The molecule has 1 unspecified atom stereocenters. The molecule has 104 valence electrons. The third-order valence-corrected chi connectivity index (χ3v) is 3.98. The molecule has 0 aliphatic carbocycles. The first-order valence-corrected chi connectivity index (χ1v) is 6.90. The Kier molecular flexibility index (Phi) is 3.74. The van der Waals surface area contributed by atoms with Gasteiger partial charge in [0.15, 0.2) is 0 Å². The zero-order valence-corrected chi connectivity index (χ0v) is 11.7. The minimum Gasteiger partial charge on any atom is -0.372 e. The first-order chi connectivity index (χ1) is 9.63. The van der Waals surface area contributed by atoms with Crippen LogP contribution in [0.1, 0.15) is 28.3 Å². The molecule has 0 spiro atoms. The molecular weight excluding hydrogens is 277 g/mol. The van der Waals surface area contributed by atoms with E-state index in [2.05, 4.69) is 12.1 Å². The van der Waals surface area contributed by atoms with E-state index in [0.29, 0.717) is 24.7 Å². The van der Waals surface area contributed by atoms with Crippen LogP contribution in [-0.2, 0) is 24.4 Å². The van der Waals surface area contributed by atoms with E-state index in [9.17, 15) is 4.39 Å². The maximum atomic E-state index is 13.0. The Morgan fingerprint density at radius 1 is 1.15 bits per heavy atom. The van der Waals surface area contributed by atoms with Crippen molar-refractivity contribution in [1.82, 2.24) is 0 Å². The predicted molar refractivity (Wildman–Crippen MR) is 77.0 cm³/mol. The Labute approximate surface area is 122 Å². The van der Waals surface area contributed by atoms with Crippen molar-refractivity contribution in [3.63, 3.8) is 0 Å². The lowest BCUT2D eigenvalue weighted by molar-refractivity contribution is 0.134. The van der Waals surface area contributed by atoms with Gasteiger partial charge in [-0.05, 0) is 40.8 Å². The first-order valence-electron chi connectivity index (χ1n) is 6.52. The van der Waals surface area contributed by atoms with Gasteiger partial charge in [0, 0.05) is 11.1 Å². The summed E-state index contributed by atoms with van der Waals surface area (Å²) in [5.41, 5.74) is 10.6. The molecule has 2 nitrogen and oxygen atoms in total. The standard InChI is InChI=1S/C16H15ClFNO/c17-15-7-14(18)4-3-10(15)6-16(19)11-1-2-12-8-20-9-13(12)5-11/h1-5,7,16H,6,8-9,19H2. The highest BCUT2D eigenvalue weighted by atomic mass is 35.5. The predicted octanol–water partition coefficient (Wildman–Crippen LogP) is 3.75. The van der Waals surface area contributed by atoms with Crippen LogP contribution in [0.3, 0.4) is 0 Å². The van der Waals surface area contributed by atoms with E-state index < -0.39 is 0 Å². The summed E-state index contributed by atoms with van der Waals surface area (Å²) in [5, 5.41) is 0.421. The van der Waals surface area contributed by atoms with Crippen LogP contribution in [0.2, 0.25) is 5.02 Å². The van der Waals surface area contributed by atoms with Crippen molar-refractivity contribution >= 4 is 11.6 Å². The molecule has 0 saturated heterocycles. The molecule has 1 atom stereocenters. The maximum Gasteiger partial charge on any atom is 0.124 e. The highest BCUT2D eigenvalue weighted by Gasteiger charge is 2.15. The van der Waals surface area contributed by atoms with Gasteiger partial charge in [-0.25, -0.2) is 4.39 Å². The molecule has 2 aromatic rings. The minimum atomic E-state index is -0.331. The molecule has 0 bridgehead atoms. The van der Waals surface area contributed by atoms with Gasteiger partial charge >= 0.3 is 0 Å². The summed E-state index contributed by atoms with van der Waals surface area (Å²) >= 11 is 6.04. The Hall–Kier alpha value is -1.42. The Balaban J connectivity index is 1.80. The molecule has 3 rings (SSSR count). The van der Waals surface area contributed by atoms with Gasteiger partial charge in [-0.3, -0.25) is 0 Å².